The zero-order chi connectivity index (χ0) is 11.3. The molecule has 0 saturated heterocycles. The molecule has 78 valence electrons. The van der Waals surface area contributed by atoms with Crippen molar-refractivity contribution in [3.63, 3.8) is 0 Å². The molecule has 0 N–H and O–H groups in total. The first-order chi connectivity index (χ1) is 7.15. The van der Waals surface area contributed by atoms with Crippen LogP contribution in [0.2, 0.25) is 0 Å². The fourth-order valence-electron chi connectivity index (χ4n) is 1.00. The third kappa shape index (κ3) is 2.34. The summed E-state index contributed by atoms with van der Waals surface area (Å²) in [5.74, 6) is -0.647. The molecule has 0 aliphatic heterocycles. The monoisotopic (exact) mass is 268 g/mol. The minimum atomic E-state index is -1.51. The van der Waals surface area contributed by atoms with E-state index in [1.165, 1.54) is 6.20 Å². The molecule has 4 nitrogen and oxygen atoms in total. The quantitative estimate of drug-likeness (QED) is 0.619. The first-order valence-corrected chi connectivity index (χ1v) is 5.13. The Hall–Kier alpha value is -1.41. The summed E-state index contributed by atoms with van der Waals surface area (Å²) in [6.07, 6.45) is 1.52. The van der Waals surface area contributed by atoms with Crippen LogP contribution in [0, 0.1) is 11.3 Å². The Labute approximate surface area is 96.0 Å². The van der Waals surface area contributed by atoms with Crippen molar-refractivity contribution in [1.29, 1.82) is 5.26 Å². The van der Waals surface area contributed by atoms with Gasteiger partial charge in [0.1, 0.15) is 0 Å². The molecule has 5 heteroatoms. The van der Waals surface area contributed by atoms with Crippen molar-refractivity contribution in [2.24, 2.45) is 0 Å². The maximum atomic E-state index is 11.6. The van der Waals surface area contributed by atoms with Gasteiger partial charge in [-0.2, -0.15) is 5.26 Å². The Kier molecular flexibility index (Phi) is 3.81. The number of hydrogen-bond acceptors (Lipinski definition) is 4. The third-order valence-corrected chi connectivity index (χ3v) is 2.64. The van der Waals surface area contributed by atoms with E-state index in [4.69, 9.17) is 10.00 Å². The van der Waals surface area contributed by atoms with Gasteiger partial charge >= 0.3 is 5.97 Å². The number of nitriles is 1. The van der Waals surface area contributed by atoms with Gasteiger partial charge < -0.3 is 4.74 Å². The van der Waals surface area contributed by atoms with Gasteiger partial charge in [0.2, 0.25) is 4.32 Å². The van der Waals surface area contributed by atoms with E-state index in [1.54, 1.807) is 25.1 Å². The number of nitrogens with zero attached hydrogens (tertiary/aromatic N) is 2. The van der Waals surface area contributed by atoms with Crippen LogP contribution in [0.15, 0.2) is 24.4 Å². The molecule has 1 aromatic heterocycles. The van der Waals surface area contributed by atoms with Gasteiger partial charge in [-0.05, 0) is 35.0 Å². The number of ether oxygens (including phenoxy) is 1. The van der Waals surface area contributed by atoms with Gasteiger partial charge in [-0.3, -0.25) is 4.98 Å². The summed E-state index contributed by atoms with van der Waals surface area (Å²) in [5, 5.41) is 9.00. The van der Waals surface area contributed by atoms with E-state index in [9.17, 15) is 4.79 Å². The van der Waals surface area contributed by atoms with E-state index < -0.39 is 10.3 Å². The molecule has 0 radical (unpaired) electrons. The average molecular weight is 269 g/mol. The van der Waals surface area contributed by atoms with Crippen LogP contribution < -0.4 is 0 Å². The summed E-state index contributed by atoms with van der Waals surface area (Å²) in [5.41, 5.74) is 0.325. The van der Waals surface area contributed by atoms with Gasteiger partial charge in [0.25, 0.3) is 0 Å². The lowest BCUT2D eigenvalue weighted by molar-refractivity contribution is -0.144. The maximum Gasteiger partial charge on any atom is 0.343 e. The van der Waals surface area contributed by atoms with E-state index in [-0.39, 0.29) is 6.61 Å². The van der Waals surface area contributed by atoms with E-state index >= 15 is 0 Å². The first kappa shape index (κ1) is 11.7. The molecule has 1 rings (SSSR count). The summed E-state index contributed by atoms with van der Waals surface area (Å²) in [4.78, 5) is 15.5. The second-order valence-corrected chi connectivity index (χ2v) is 3.90. The molecule has 0 aliphatic rings. The zero-order valence-electron chi connectivity index (χ0n) is 8.11. The van der Waals surface area contributed by atoms with Crippen LogP contribution in [-0.4, -0.2) is 17.6 Å². The number of esters is 1. The Morgan fingerprint density at radius 2 is 2.47 bits per heavy atom. The molecule has 0 saturated carbocycles. The number of aromatic nitrogens is 1. The molecule has 1 unspecified atom stereocenters. The van der Waals surface area contributed by atoms with Gasteiger partial charge in [-0.1, -0.05) is 6.07 Å². The fraction of sp³-hybridized carbons (Fsp3) is 0.300. The summed E-state index contributed by atoms with van der Waals surface area (Å²) in [6.45, 7) is 1.90. The zero-order valence-corrected chi connectivity index (χ0v) is 9.69. The van der Waals surface area contributed by atoms with Crippen molar-refractivity contribution in [3.8, 4) is 6.07 Å². The summed E-state index contributed by atoms with van der Waals surface area (Å²) in [7, 11) is 0. The minimum Gasteiger partial charge on any atom is -0.464 e. The van der Waals surface area contributed by atoms with E-state index in [2.05, 4.69) is 20.9 Å². The van der Waals surface area contributed by atoms with Crippen molar-refractivity contribution in [2.75, 3.05) is 6.61 Å². The van der Waals surface area contributed by atoms with Crippen molar-refractivity contribution >= 4 is 21.9 Å². The third-order valence-electron chi connectivity index (χ3n) is 1.73. The van der Waals surface area contributed by atoms with Crippen molar-refractivity contribution < 1.29 is 9.53 Å². The standard InChI is InChI=1S/C10H9BrN2O2/c1-2-15-9(14)10(11,7-12)8-5-3-4-6-13-8/h3-6H,2H2,1H3. The largest absolute Gasteiger partial charge is 0.464 e. The summed E-state index contributed by atoms with van der Waals surface area (Å²) < 4.78 is 3.29. The normalized spacial score (nSPS) is 13.7. The fourth-order valence-corrected chi connectivity index (χ4v) is 1.35. The van der Waals surface area contributed by atoms with Crippen LogP contribution in [0.25, 0.3) is 0 Å². The highest BCUT2D eigenvalue weighted by molar-refractivity contribution is 9.10. The number of halogens is 1. The van der Waals surface area contributed by atoms with E-state index in [0.29, 0.717) is 5.69 Å². The topological polar surface area (TPSA) is 63.0 Å². The number of rotatable bonds is 3. The smallest absolute Gasteiger partial charge is 0.343 e. The first-order valence-electron chi connectivity index (χ1n) is 4.34. The highest BCUT2D eigenvalue weighted by Crippen LogP contribution is 2.30. The van der Waals surface area contributed by atoms with Gasteiger partial charge in [-0.15, -0.1) is 0 Å². The van der Waals surface area contributed by atoms with Crippen LogP contribution in [-0.2, 0) is 13.9 Å². The molecule has 1 atom stereocenters. The highest BCUT2D eigenvalue weighted by Gasteiger charge is 2.40. The van der Waals surface area contributed by atoms with E-state index in [1.807, 2.05) is 6.07 Å². The SMILES string of the molecule is CCOC(=O)C(Br)(C#N)c1ccccn1. The Balaban J connectivity index is 3.07. The van der Waals surface area contributed by atoms with Crippen molar-refractivity contribution in [3.05, 3.63) is 30.1 Å². The molecule has 1 heterocycles. The van der Waals surface area contributed by atoms with Crippen molar-refractivity contribution in [1.82, 2.24) is 4.98 Å². The number of pyridine rings is 1. The van der Waals surface area contributed by atoms with Gasteiger partial charge in [0, 0.05) is 6.20 Å². The lowest BCUT2D eigenvalue weighted by Gasteiger charge is -2.16. The molecule has 15 heavy (non-hydrogen) atoms. The number of alkyl halides is 1. The molecule has 0 aromatic carbocycles. The summed E-state index contributed by atoms with van der Waals surface area (Å²) in [6, 6.07) is 6.86. The number of hydrogen-bond donors (Lipinski definition) is 0. The molecule has 0 aliphatic carbocycles. The van der Waals surface area contributed by atoms with Crippen LogP contribution in [0.4, 0.5) is 0 Å². The maximum absolute atomic E-state index is 11.6. The minimum absolute atomic E-state index is 0.223. The predicted octanol–water partition coefficient (Wildman–Crippen LogP) is 1.76. The summed E-state index contributed by atoms with van der Waals surface area (Å²) >= 11 is 3.06. The molecule has 0 fully saturated rings. The average Bonchev–Trinajstić information content (AvgIpc) is 2.29. The molecule has 1 aromatic rings. The number of carbonyl (C=O) groups excluding carboxylic acids is 1. The molecule has 0 bridgehead atoms. The lowest BCUT2D eigenvalue weighted by atomic mass is 10.1. The molecular formula is C10H9BrN2O2. The van der Waals surface area contributed by atoms with Crippen LogP contribution in [0.5, 0.6) is 0 Å². The molecular weight excluding hydrogens is 260 g/mol. The Morgan fingerprint density at radius 3 is 2.93 bits per heavy atom. The van der Waals surface area contributed by atoms with Crippen LogP contribution >= 0.6 is 15.9 Å². The van der Waals surface area contributed by atoms with Crippen molar-refractivity contribution in [2.45, 2.75) is 11.2 Å². The Morgan fingerprint density at radius 1 is 1.73 bits per heavy atom. The van der Waals surface area contributed by atoms with E-state index in [0.717, 1.165) is 0 Å². The molecule has 0 amide bonds. The number of carbonyl (C=O) groups is 1. The van der Waals surface area contributed by atoms with Crippen LogP contribution in [0.1, 0.15) is 12.6 Å². The molecule has 0 spiro atoms. The predicted molar refractivity (Wildman–Crippen MR) is 57.1 cm³/mol. The van der Waals surface area contributed by atoms with Gasteiger partial charge in [0.15, 0.2) is 0 Å². The highest BCUT2D eigenvalue weighted by atomic mass is 79.9. The van der Waals surface area contributed by atoms with Crippen LogP contribution in [0.3, 0.4) is 0 Å². The second kappa shape index (κ2) is 4.89. The lowest BCUT2D eigenvalue weighted by Crippen LogP contribution is -2.30. The second-order valence-electron chi connectivity index (χ2n) is 2.71. The van der Waals surface area contributed by atoms with Gasteiger partial charge in [0.05, 0.1) is 18.4 Å². The van der Waals surface area contributed by atoms with Gasteiger partial charge in [-0.25, -0.2) is 4.79 Å². The Bertz CT molecular complexity index is 388.